The van der Waals surface area contributed by atoms with Gasteiger partial charge in [-0.1, -0.05) is 11.6 Å². The molecule has 1 fully saturated rings. The number of hydrogen-bond acceptors (Lipinski definition) is 5. The number of benzene rings is 1. The Morgan fingerprint density at radius 1 is 1.09 bits per heavy atom. The Labute approximate surface area is 132 Å². The maximum atomic E-state index is 13.0. The van der Waals surface area contributed by atoms with Gasteiger partial charge in [0.05, 0.1) is 15.4 Å². The molecule has 0 aromatic heterocycles. The molecule has 1 aliphatic rings. The first-order valence-electron chi connectivity index (χ1n) is 6.62. The van der Waals surface area contributed by atoms with Crippen LogP contribution in [0.3, 0.4) is 0 Å². The first-order valence-corrected chi connectivity index (χ1v) is 6.99. The summed E-state index contributed by atoms with van der Waals surface area (Å²) in [6, 6.07) is 0.263. The first kappa shape index (κ1) is 17.3. The van der Waals surface area contributed by atoms with E-state index in [9.17, 15) is 33.4 Å². The molecule has 0 saturated carbocycles. The second-order valence-corrected chi connectivity index (χ2v) is 5.39. The van der Waals surface area contributed by atoms with E-state index in [1.807, 2.05) is 0 Å². The molecule has 23 heavy (non-hydrogen) atoms. The number of piperidine rings is 1. The molecule has 0 unspecified atom stereocenters. The molecule has 2 rings (SSSR count). The van der Waals surface area contributed by atoms with Crippen LogP contribution >= 0.6 is 11.6 Å². The van der Waals surface area contributed by atoms with E-state index in [2.05, 4.69) is 0 Å². The van der Waals surface area contributed by atoms with Crippen molar-refractivity contribution in [3.63, 3.8) is 0 Å². The van der Waals surface area contributed by atoms with Crippen molar-refractivity contribution < 1.29 is 23.0 Å². The van der Waals surface area contributed by atoms with Crippen molar-refractivity contribution >= 4 is 28.7 Å². The molecule has 0 aliphatic carbocycles. The highest BCUT2D eigenvalue weighted by Gasteiger charge is 2.43. The largest absolute Gasteiger partial charge is 0.418 e. The summed E-state index contributed by atoms with van der Waals surface area (Å²) >= 11 is 5.58. The third-order valence-corrected chi connectivity index (χ3v) is 3.93. The molecule has 1 heterocycles. The van der Waals surface area contributed by atoms with Crippen LogP contribution in [0.2, 0.25) is 5.02 Å². The molecule has 126 valence electrons. The van der Waals surface area contributed by atoms with Crippen molar-refractivity contribution in [2.45, 2.75) is 25.4 Å². The van der Waals surface area contributed by atoms with Crippen molar-refractivity contribution in [3.05, 3.63) is 36.9 Å². The number of alkyl halides is 3. The number of hydrogen-bond donors (Lipinski definition) is 0. The first-order chi connectivity index (χ1) is 10.6. The Morgan fingerprint density at radius 2 is 1.65 bits per heavy atom. The van der Waals surface area contributed by atoms with E-state index in [0.29, 0.717) is 12.8 Å². The highest BCUT2D eigenvalue weighted by atomic mass is 35.5. The summed E-state index contributed by atoms with van der Waals surface area (Å²) in [5.41, 5.74) is -4.08. The molecule has 0 amide bonds. The Hall–Kier alpha value is -2.10. The number of nitrogens with zero attached hydrogens (tertiary/aromatic N) is 3. The number of rotatable bonds is 3. The maximum Gasteiger partial charge on any atom is 0.418 e. The number of nitro benzene ring substituents is 2. The van der Waals surface area contributed by atoms with E-state index < -0.39 is 43.7 Å². The second-order valence-electron chi connectivity index (χ2n) is 5.01. The molecule has 1 saturated heterocycles. The van der Waals surface area contributed by atoms with Crippen LogP contribution in [0.15, 0.2) is 6.07 Å². The summed E-state index contributed by atoms with van der Waals surface area (Å²) in [6.07, 6.45) is -2.93. The van der Waals surface area contributed by atoms with Gasteiger partial charge in [0.15, 0.2) is 5.69 Å². The monoisotopic (exact) mass is 353 g/mol. The normalized spacial score (nSPS) is 15.6. The van der Waals surface area contributed by atoms with Gasteiger partial charge in [0.2, 0.25) is 0 Å². The van der Waals surface area contributed by atoms with Crippen LogP contribution < -0.4 is 4.90 Å². The van der Waals surface area contributed by atoms with Crippen LogP contribution in [0.4, 0.5) is 30.2 Å². The molecule has 0 spiro atoms. The zero-order valence-electron chi connectivity index (χ0n) is 11.6. The summed E-state index contributed by atoms with van der Waals surface area (Å²) in [4.78, 5) is 21.6. The fourth-order valence-corrected chi connectivity index (χ4v) is 2.88. The molecule has 1 aromatic rings. The molecule has 11 heteroatoms. The van der Waals surface area contributed by atoms with Crippen molar-refractivity contribution in [3.8, 4) is 0 Å². The minimum atomic E-state index is -5.03. The zero-order valence-corrected chi connectivity index (χ0v) is 12.4. The molecule has 0 bridgehead atoms. The van der Waals surface area contributed by atoms with Gasteiger partial charge >= 0.3 is 11.9 Å². The van der Waals surface area contributed by atoms with Crippen LogP contribution in [0, 0.1) is 20.2 Å². The van der Waals surface area contributed by atoms with Gasteiger partial charge in [0.25, 0.3) is 5.69 Å². The molecular weight excluding hydrogens is 343 g/mol. The van der Waals surface area contributed by atoms with E-state index >= 15 is 0 Å². The fraction of sp³-hybridized carbons (Fsp3) is 0.500. The molecule has 0 radical (unpaired) electrons. The Kier molecular flexibility index (Phi) is 4.64. The number of nitro groups is 2. The van der Waals surface area contributed by atoms with Gasteiger partial charge < -0.3 is 4.90 Å². The van der Waals surface area contributed by atoms with Gasteiger partial charge in [-0.25, -0.2) is 0 Å². The Balaban J connectivity index is 2.79. The average molecular weight is 354 g/mol. The SMILES string of the molecule is O=[N+]([O-])c1cc(C(F)(F)F)c(Cl)c([N+](=O)[O-])c1N1CCCCC1. The molecule has 0 atom stereocenters. The van der Waals surface area contributed by atoms with Gasteiger partial charge in [0.1, 0.15) is 5.02 Å². The number of anilines is 1. The summed E-state index contributed by atoms with van der Waals surface area (Å²) in [6.45, 7) is 0.562. The third kappa shape index (κ3) is 3.31. The van der Waals surface area contributed by atoms with E-state index in [1.165, 1.54) is 4.90 Å². The standard InChI is InChI=1S/C12H11ClF3N3O4/c13-9-7(12(14,15)16)6-8(18(20)21)10(11(9)19(22)23)17-4-2-1-3-5-17/h6H,1-5H2. The second kappa shape index (κ2) is 6.19. The highest BCUT2D eigenvalue weighted by Crippen LogP contribution is 2.49. The summed E-state index contributed by atoms with van der Waals surface area (Å²) < 4.78 is 38.9. The minimum Gasteiger partial charge on any atom is -0.360 e. The third-order valence-electron chi connectivity index (χ3n) is 3.55. The molecule has 7 nitrogen and oxygen atoms in total. The average Bonchev–Trinajstić information content (AvgIpc) is 2.45. The lowest BCUT2D eigenvalue weighted by molar-refractivity contribution is -0.393. The number of halogens is 4. The van der Waals surface area contributed by atoms with Crippen LogP contribution in [0.25, 0.3) is 0 Å². The summed E-state index contributed by atoms with van der Waals surface area (Å²) in [5, 5.41) is 21.3. The lowest BCUT2D eigenvalue weighted by Gasteiger charge is -2.28. The van der Waals surface area contributed by atoms with Gasteiger partial charge in [-0.3, -0.25) is 20.2 Å². The van der Waals surface area contributed by atoms with Crippen molar-refractivity contribution in [1.29, 1.82) is 0 Å². The van der Waals surface area contributed by atoms with E-state index in [-0.39, 0.29) is 19.2 Å². The van der Waals surface area contributed by atoms with Crippen molar-refractivity contribution in [1.82, 2.24) is 0 Å². The summed E-state index contributed by atoms with van der Waals surface area (Å²) in [7, 11) is 0. The smallest absolute Gasteiger partial charge is 0.360 e. The molecule has 1 aromatic carbocycles. The van der Waals surface area contributed by atoms with Crippen LogP contribution in [-0.4, -0.2) is 22.9 Å². The topological polar surface area (TPSA) is 89.5 Å². The Morgan fingerprint density at radius 3 is 2.09 bits per heavy atom. The van der Waals surface area contributed by atoms with Crippen molar-refractivity contribution in [2.75, 3.05) is 18.0 Å². The van der Waals surface area contributed by atoms with Gasteiger partial charge in [-0.15, -0.1) is 0 Å². The van der Waals surface area contributed by atoms with Crippen LogP contribution in [-0.2, 0) is 6.18 Å². The van der Waals surface area contributed by atoms with Gasteiger partial charge in [0, 0.05) is 19.2 Å². The van der Waals surface area contributed by atoms with Crippen molar-refractivity contribution in [2.24, 2.45) is 0 Å². The van der Waals surface area contributed by atoms with E-state index in [4.69, 9.17) is 11.6 Å². The molecular formula is C12H11ClF3N3O4. The minimum absolute atomic E-state index is 0.263. The highest BCUT2D eigenvalue weighted by molar-refractivity contribution is 6.34. The lowest BCUT2D eigenvalue weighted by Crippen LogP contribution is -2.31. The van der Waals surface area contributed by atoms with E-state index in [0.717, 1.165) is 6.42 Å². The molecule has 1 aliphatic heterocycles. The fourth-order valence-electron chi connectivity index (χ4n) is 2.56. The summed E-state index contributed by atoms with van der Waals surface area (Å²) in [5.74, 6) is 0. The predicted octanol–water partition coefficient (Wildman–Crippen LogP) is 4.17. The zero-order chi connectivity index (χ0) is 17.4. The predicted molar refractivity (Wildman–Crippen MR) is 75.8 cm³/mol. The Bertz CT molecular complexity index is 660. The molecule has 0 N–H and O–H groups in total. The quantitative estimate of drug-likeness (QED) is 0.601. The van der Waals surface area contributed by atoms with Crippen LogP contribution in [0.5, 0.6) is 0 Å². The maximum absolute atomic E-state index is 13.0. The van der Waals surface area contributed by atoms with E-state index in [1.54, 1.807) is 0 Å². The van der Waals surface area contributed by atoms with Crippen LogP contribution in [0.1, 0.15) is 24.8 Å². The van der Waals surface area contributed by atoms with Gasteiger partial charge in [-0.05, 0) is 19.3 Å². The lowest BCUT2D eigenvalue weighted by atomic mass is 10.1. The van der Waals surface area contributed by atoms with Gasteiger partial charge in [-0.2, -0.15) is 13.2 Å².